The third-order valence-corrected chi connectivity index (χ3v) is 6.25. The molecule has 2 atom stereocenters. The monoisotopic (exact) mass is 403 g/mol. The van der Waals surface area contributed by atoms with Gasteiger partial charge in [0.25, 0.3) is 0 Å². The largest absolute Gasteiger partial charge is 0.495 e. The van der Waals surface area contributed by atoms with Crippen molar-refractivity contribution in [2.45, 2.75) is 55.5 Å². The summed E-state index contributed by atoms with van der Waals surface area (Å²) in [5.41, 5.74) is 6.39. The van der Waals surface area contributed by atoms with E-state index >= 15 is 0 Å². The van der Waals surface area contributed by atoms with Crippen molar-refractivity contribution < 1.29 is 17.9 Å². The van der Waals surface area contributed by atoms with Crippen molar-refractivity contribution in [3.63, 3.8) is 0 Å². The summed E-state index contributed by atoms with van der Waals surface area (Å²) in [5, 5.41) is 2.82. The second-order valence-electron chi connectivity index (χ2n) is 6.87. The number of halogens is 1. The van der Waals surface area contributed by atoms with E-state index in [1.165, 1.54) is 13.2 Å². The second kappa shape index (κ2) is 8.56. The predicted octanol–water partition coefficient (Wildman–Crippen LogP) is 2.01. The zero-order valence-corrected chi connectivity index (χ0v) is 16.4. The fraction of sp³-hybridized carbons (Fsp3) is 0.588. The van der Waals surface area contributed by atoms with Crippen LogP contribution in [0.15, 0.2) is 23.1 Å². The number of nitrogens with two attached hydrogens (primary N) is 1. The lowest BCUT2D eigenvalue weighted by Crippen LogP contribution is -2.34. The second-order valence-corrected chi connectivity index (χ2v) is 8.56. The van der Waals surface area contributed by atoms with E-state index in [4.69, 9.17) is 10.5 Å². The number of benzene rings is 1. The lowest BCUT2D eigenvalue weighted by atomic mass is 9.85. The smallest absolute Gasteiger partial charge is 0.244 e. The molecule has 0 spiro atoms. The maximum atomic E-state index is 12.5. The van der Waals surface area contributed by atoms with Gasteiger partial charge >= 0.3 is 0 Å². The van der Waals surface area contributed by atoms with E-state index in [-0.39, 0.29) is 47.0 Å². The summed E-state index contributed by atoms with van der Waals surface area (Å²) in [7, 11) is -2.25. The van der Waals surface area contributed by atoms with E-state index in [1.54, 1.807) is 12.1 Å². The Morgan fingerprint density at radius 2 is 1.96 bits per heavy atom. The lowest BCUT2D eigenvalue weighted by molar-refractivity contribution is -0.120. The first-order chi connectivity index (χ1) is 11.9. The molecule has 2 fully saturated rings. The van der Waals surface area contributed by atoms with Crippen LogP contribution in [0.25, 0.3) is 0 Å². The Bertz CT molecular complexity index is 752. The summed E-state index contributed by atoms with van der Waals surface area (Å²) in [6.07, 6.45) is 5.05. The van der Waals surface area contributed by atoms with Gasteiger partial charge in [-0.1, -0.05) is 6.42 Å². The topological polar surface area (TPSA) is 111 Å². The molecule has 3 rings (SSSR count). The van der Waals surface area contributed by atoms with Crippen LogP contribution in [-0.2, 0) is 14.8 Å². The highest BCUT2D eigenvalue weighted by molar-refractivity contribution is 7.89. The van der Waals surface area contributed by atoms with Gasteiger partial charge in [-0.15, -0.1) is 12.4 Å². The zero-order chi connectivity index (χ0) is 18.0. The minimum absolute atomic E-state index is 0. The van der Waals surface area contributed by atoms with E-state index in [0.717, 1.165) is 32.1 Å². The van der Waals surface area contributed by atoms with Gasteiger partial charge in [-0.25, -0.2) is 13.1 Å². The molecule has 1 aromatic carbocycles. The Kier molecular flexibility index (Phi) is 6.90. The van der Waals surface area contributed by atoms with Gasteiger partial charge in [0.2, 0.25) is 15.9 Å². The number of ether oxygens (including phenoxy) is 1. The molecule has 146 valence electrons. The summed E-state index contributed by atoms with van der Waals surface area (Å²) < 4.78 is 32.9. The van der Waals surface area contributed by atoms with Gasteiger partial charge in [0, 0.05) is 23.7 Å². The minimum Gasteiger partial charge on any atom is -0.495 e. The van der Waals surface area contributed by atoms with E-state index in [2.05, 4.69) is 10.0 Å². The van der Waals surface area contributed by atoms with Gasteiger partial charge in [0.1, 0.15) is 10.6 Å². The van der Waals surface area contributed by atoms with Crippen LogP contribution in [0.1, 0.15) is 38.5 Å². The van der Waals surface area contributed by atoms with Crippen molar-refractivity contribution in [2.24, 2.45) is 11.7 Å². The van der Waals surface area contributed by atoms with Crippen LogP contribution < -0.4 is 20.5 Å². The van der Waals surface area contributed by atoms with E-state index < -0.39 is 10.0 Å². The number of hydrogen-bond donors (Lipinski definition) is 3. The Balaban J connectivity index is 0.00000243. The number of carbonyl (C=O) groups is 1. The van der Waals surface area contributed by atoms with Crippen molar-refractivity contribution in [1.29, 1.82) is 0 Å². The molecule has 0 aliphatic heterocycles. The molecule has 26 heavy (non-hydrogen) atoms. The van der Waals surface area contributed by atoms with Crippen molar-refractivity contribution in [1.82, 2.24) is 4.72 Å². The molecule has 0 radical (unpaired) electrons. The zero-order valence-electron chi connectivity index (χ0n) is 14.7. The Morgan fingerprint density at radius 3 is 2.58 bits per heavy atom. The van der Waals surface area contributed by atoms with Gasteiger partial charge in [0.05, 0.1) is 7.11 Å². The van der Waals surface area contributed by atoms with Crippen LogP contribution in [0.3, 0.4) is 0 Å². The molecule has 2 unspecified atom stereocenters. The third kappa shape index (κ3) is 5.09. The molecular weight excluding hydrogens is 378 g/mol. The molecule has 2 aliphatic rings. The summed E-state index contributed by atoms with van der Waals surface area (Å²) in [6.45, 7) is 0. The molecule has 0 heterocycles. The summed E-state index contributed by atoms with van der Waals surface area (Å²) >= 11 is 0. The molecule has 0 saturated heterocycles. The first kappa shape index (κ1) is 21.0. The first-order valence-corrected chi connectivity index (χ1v) is 10.1. The molecule has 4 N–H and O–H groups in total. The number of rotatable bonds is 6. The third-order valence-electron chi connectivity index (χ3n) is 4.71. The average Bonchev–Trinajstić information content (AvgIpc) is 3.38. The predicted molar refractivity (Wildman–Crippen MR) is 102 cm³/mol. The Hall–Kier alpha value is -1.35. The number of carbonyl (C=O) groups excluding carboxylic acids is 1. The maximum absolute atomic E-state index is 12.5. The molecule has 0 bridgehead atoms. The Morgan fingerprint density at radius 1 is 1.23 bits per heavy atom. The standard InChI is InChI=1S/C17H25N3O4S.ClH/c1-24-15-8-7-14(10-16(15)25(22,23)20-13-5-6-13)19-17(21)11-3-2-4-12(18)9-11;/h7-8,10-13,20H,2-6,9,18H2,1H3,(H,19,21);1H. The van der Waals surface area contributed by atoms with Crippen molar-refractivity contribution in [3.05, 3.63) is 18.2 Å². The van der Waals surface area contributed by atoms with Crippen LogP contribution in [0, 0.1) is 5.92 Å². The number of amides is 1. The molecule has 1 aromatic rings. The first-order valence-electron chi connectivity index (χ1n) is 8.66. The maximum Gasteiger partial charge on any atom is 0.244 e. The summed E-state index contributed by atoms with van der Waals surface area (Å²) in [6, 6.07) is 4.71. The van der Waals surface area contributed by atoms with Crippen molar-refractivity contribution >= 4 is 34.0 Å². The number of nitrogens with one attached hydrogen (secondary N) is 2. The summed E-state index contributed by atoms with van der Waals surface area (Å²) in [5.74, 6) is 0.0140. The van der Waals surface area contributed by atoms with Crippen molar-refractivity contribution in [3.8, 4) is 5.75 Å². The van der Waals surface area contributed by atoms with Gasteiger partial charge in [0.15, 0.2) is 0 Å². The van der Waals surface area contributed by atoms with E-state index in [0.29, 0.717) is 12.1 Å². The number of methoxy groups -OCH3 is 1. The fourth-order valence-corrected chi connectivity index (χ4v) is 4.66. The normalized spacial score (nSPS) is 23.0. The molecule has 0 aromatic heterocycles. The fourth-order valence-electron chi connectivity index (χ4n) is 3.16. The van der Waals surface area contributed by atoms with Crippen LogP contribution >= 0.6 is 12.4 Å². The van der Waals surface area contributed by atoms with Crippen LogP contribution in [0.4, 0.5) is 5.69 Å². The molecule has 2 saturated carbocycles. The molecule has 1 amide bonds. The van der Waals surface area contributed by atoms with Crippen LogP contribution in [-0.4, -0.2) is 33.5 Å². The highest BCUT2D eigenvalue weighted by Gasteiger charge is 2.30. The van der Waals surface area contributed by atoms with Gasteiger partial charge in [-0.05, 0) is 50.3 Å². The van der Waals surface area contributed by atoms with Crippen LogP contribution in [0.5, 0.6) is 5.75 Å². The van der Waals surface area contributed by atoms with Gasteiger partial charge in [-0.3, -0.25) is 4.79 Å². The Labute approximate surface area is 160 Å². The molecule has 7 nitrogen and oxygen atoms in total. The minimum atomic E-state index is -3.68. The van der Waals surface area contributed by atoms with Gasteiger partial charge in [-0.2, -0.15) is 0 Å². The molecule has 9 heteroatoms. The SMILES string of the molecule is COc1ccc(NC(=O)C2CCCC(N)C2)cc1S(=O)(=O)NC1CC1.Cl. The number of sulfonamides is 1. The lowest BCUT2D eigenvalue weighted by Gasteiger charge is -2.25. The van der Waals surface area contributed by atoms with E-state index in [9.17, 15) is 13.2 Å². The van der Waals surface area contributed by atoms with Crippen LogP contribution in [0.2, 0.25) is 0 Å². The van der Waals surface area contributed by atoms with Crippen molar-refractivity contribution in [2.75, 3.05) is 12.4 Å². The number of anilines is 1. The highest BCUT2D eigenvalue weighted by atomic mass is 35.5. The quantitative estimate of drug-likeness (QED) is 0.672. The number of hydrogen-bond acceptors (Lipinski definition) is 5. The average molecular weight is 404 g/mol. The highest BCUT2D eigenvalue weighted by Crippen LogP contribution is 2.30. The van der Waals surface area contributed by atoms with Gasteiger partial charge < -0.3 is 15.8 Å². The molecule has 2 aliphatic carbocycles. The summed E-state index contributed by atoms with van der Waals surface area (Å²) in [4.78, 5) is 12.5. The molecular formula is C17H26ClN3O4S. The van der Waals surface area contributed by atoms with E-state index in [1.807, 2.05) is 0 Å².